The highest BCUT2D eigenvalue weighted by atomic mass is 16.5. The molecule has 15 heavy (non-hydrogen) atoms. The van der Waals surface area contributed by atoms with Crippen LogP contribution >= 0.6 is 0 Å². The molecule has 0 unspecified atom stereocenters. The zero-order valence-corrected chi connectivity index (χ0v) is 8.90. The van der Waals surface area contributed by atoms with Gasteiger partial charge in [-0.2, -0.15) is 0 Å². The van der Waals surface area contributed by atoms with Crippen LogP contribution in [0.4, 0.5) is 0 Å². The van der Waals surface area contributed by atoms with Crippen LogP contribution < -0.4 is 10.5 Å². The van der Waals surface area contributed by atoms with Gasteiger partial charge in [-0.15, -0.1) is 0 Å². The number of aromatic nitrogens is 1. The minimum absolute atomic E-state index is 0.0573. The highest BCUT2D eigenvalue weighted by Crippen LogP contribution is 2.12. The minimum Gasteiger partial charge on any atom is -0.478 e. The minimum atomic E-state index is 0.0573. The molecule has 0 saturated heterocycles. The van der Waals surface area contributed by atoms with Crippen LogP contribution in [0.5, 0.6) is 5.88 Å². The molecule has 1 rings (SSSR count). The summed E-state index contributed by atoms with van der Waals surface area (Å²) in [5.74, 6) is 0.556. The molecule has 5 heteroatoms. The zero-order chi connectivity index (χ0) is 11.3. The summed E-state index contributed by atoms with van der Waals surface area (Å²) >= 11 is 0. The second-order valence-electron chi connectivity index (χ2n) is 3.17. The van der Waals surface area contributed by atoms with Crippen LogP contribution in [-0.2, 0) is 0 Å². The Morgan fingerprint density at radius 2 is 2.33 bits per heavy atom. The van der Waals surface area contributed by atoms with Crippen molar-refractivity contribution in [3.05, 3.63) is 23.4 Å². The Labute approximate surface area is 88.6 Å². The third-order valence-electron chi connectivity index (χ3n) is 1.79. The maximum absolute atomic E-state index is 8.55. The molecular formula is C10H15N3O2. The fourth-order valence-corrected chi connectivity index (χ4v) is 1.12. The van der Waals surface area contributed by atoms with Crippen molar-refractivity contribution in [3.63, 3.8) is 0 Å². The van der Waals surface area contributed by atoms with Gasteiger partial charge in [0.05, 0.1) is 6.61 Å². The molecule has 1 heterocycles. The summed E-state index contributed by atoms with van der Waals surface area (Å²) in [6, 6.07) is 3.38. The largest absolute Gasteiger partial charge is 0.478 e. The van der Waals surface area contributed by atoms with Crippen LogP contribution in [0.1, 0.15) is 24.6 Å². The Hall–Kier alpha value is -1.78. The van der Waals surface area contributed by atoms with Gasteiger partial charge in [-0.05, 0) is 19.4 Å². The lowest BCUT2D eigenvalue weighted by atomic mass is 10.2. The van der Waals surface area contributed by atoms with Crippen LogP contribution in [0.25, 0.3) is 0 Å². The van der Waals surface area contributed by atoms with Crippen molar-refractivity contribution < 1.29 is 9.94 Å². The lowest BCUT2D eigenvalue weighted by Crippen LogP contribution is -2.14. The Kier molecular flexibility index (Phi) is 3.91. The molecule has 3 N–H and O–H groups in total. The lowest BCUT2D eigenvalue weighted by Gasteiger charge is -2.06. The van der Waals surface area contributed by atoms with Gasteiger partial charge in [0, 0.05) is 17.3 Å². The molecule has 0 aliphatic heterocycles. The van der Waals surface area contributed by atoms with Gasteiger partial charge in [0.15, 0.2) is 5.84 Å². The van der Waals surface area contributed by atoms with Gasteiger partial charge < -0.3 is 15.7 Å². The van der Waals surface area contributed by atoms with Gasteiger partial charge in [0.1, 0.15) is 0 Å². The average Bonchev–Trinajstić information content (AvgIpc) is 2.24. The quantitative estimate of drug-likeness (QED) is 0.338. The number of nitrogens with zero attached hydrogens (tertiary/aromatic N) is 2. The molecule has 0 saturated carbocycles. The van der Waals surface area contributed by atoms with E-state index in [1.807, 2.05) is 13.8 Å². The van der Waals surface area contributed by atoms with Crippen molar-refractivity contribution in [1.82, 2.24) is 4.98 Å². The van der Waals surface area contributed by atoms with E-state index in [-0.39, 0.29) is 5.84 Å². The van der Waals surface area contributed by atoms with Gasteiger partial charge >= 0.3 is 0 Å². The summed E-state index contributed by atoms with van der Waals surface area (Å²) in [5.41, 5.74) is 6.85. The molecule has 0 spiro atoms. The molecule has 0 aliphatic carbocycles. The SMILES string of the molecule is CCCOc1cc(/C(N)=N/O)cc(C)n1. The number of nitrogens with two attached hydrogens (primary N) is 1. The molecule has 82 valence electrons. The summed E-state index contributed by atoms with van der Waals surface area (Å²) in [5, 5.41) is 11.5. The van der Waals surface area contributed by atoms with E-state index in [0.29, 0.717) is 18.1 Å². The standard InChI is InChI=1S/C10H15N3O2/c1-3-4-15-9-6-8(10(11)13-14)5-7(2)12-9/h5-6,14H,3-4H2,1-2H3,(H2,11,13). The van der Waals surface area contributed by atoms with E-state index in [0.717, 1.165) is 12.1 Å². The first kappa shape index (κ1) is 11.3. The van der Waals surface area contributed by atoms with Crippen LogP contribution in [0.2, 0.25) is 0 Å². The molecule has 0 atom stereocenters. The molecule has 0 radical (unpaired) electrons. The van der Waals surface area contributed by atoms with Crippen molar-refractivity contribution in [2.45, 2.75) is 20.3 Å². The van der Waals surface area contributed by atoms with E-state index in [1.165, 1.54) is 0 Å². The summed E-state index contributed by atoms with van der Waals surface area (Å²) < 4.78 is 5.37. The second-order valence-corrected chi connectivity index (χ2v) is 3.17. The van der Waals surface area contributed by atoms with Gasteiger partial charge in [-0.25, -0.2) is 4.98 Å². The monoisotopic (exact) mass is 209 g/mol. The molecular weight excluding hydrogens is 194 g/mol. The number of pyridine rings is 1. The molecule has 0 aromatic carbocycles. The molecule has 5 nitrogen and oxygen atoms in total. The summed E-state index contributed by atoms with van der Waals surface area (Å²) in [6.07, 6.45) is 0.911. The molecule has 1 aromatic heterocycles. The first-order valence-electron chi connectivity index (χ1n) is 4.76. The maximum atomic E-state index is 8.55. The van der Waals surface area contributed by atoms with Gasteiger partial charge in [0.25, 0.3) is 0 Å². The van der Waals surface area contributed by atoms with Crippen molar-refractivity contribution in [2.24, 2.45) is 10.9 Å². The van der Waals surface area contributed by atoms with Gasteiger partial charge in [-0.3, -0.25) is 0 Å². The van der Waals surface area contributed by atoms with Gasteiger partial charge in [-0.1, -0.05) is 12.1 Å². The third-order valence-corrected chi connectivity index (χ3v) is 1.79. The number of oxime groups is 1. The number of ether oxygens (including phenoxy) is 1. The number of rotatable bonds is 4. The Balaban J connectivity index is 2.94. The van der Waals surface area contributed by atoms with Crippen molar-refractivity contribution in [2.75, 3.05) is 6.61 Å². The first-order valence-corrected chi connectivity index (χ1v) is 4.76. The van der Waals surface area contributed by atoms with Crippen molar-refractivity contribution in [3.8, 4) is 5.88 Å². The predicted octanol–water partition coefficient (Wildman–Crippen LogP) is 1.27. The lowest BCUT2D eigenvalue weighted by molar-refractivity contribution is 0.304. The van der Waals surface area contributed by atoms with E-state index in [2.05, 4.69) is 10.1 Å². The number of aryl methyl sites for hydroxylation is 1. The zero-order valence-electron chi connectivity index (χ0n) is 8.90. The van der Waals surface area contributed by atoms with E-state index >= 15 is 0 Å². The fraction of sp³-hybridized carbons (Fsp3) is 0.400. The molecule has 0 fully saturated rings. The highest BCUT2D eigenvalue weighted by Gasteiger charge is 2.04. The average molecular weight is 209 g/mol. The number of amidine groups is 1. The molecule has 0 amide bonds. The van der Waals surface area contributed by atoms with Crippen molar-refractivity contribution in [1.29, 1.82) is 0 Å². The second kappa shape index (κ2) is 5.19. The smallest absolute Gasteiger partial charge is 0.214 e. The van der Waals surface area contributed by atoms with Crippen LogP contribution in [0.3, 0.4) is 0 Å². The molecule has 0 bridgehead atoms. The summed E-state index contributed by atoms with van der Waals surface area (Å²) in [6.45, 7) is 4.44. The first-order chi connectivity index (χ1) is 7.17. The van der Waals surface area contributed by atoms with E-state index < -0.39 is 0 Å². The van der Waals surface area contributed by atoms with Gasteiger partial charge in [0.2, 0.25) is 5.88 Å². The third kappa shape index (κ3) is 3.12. The van der Waals surface area contributed by atoms with E-state index in [1.54, 1.807) is 12.1 Å². The Bertz CT molecular complexity index is 364. The number of hydrogen-bond acceptors (Lipinski definition) is 4. The predicted molar refractivity (Wildman–Crippen MR) is 57.3 cm³/mol. The maximum Gasteiger partial charge on any atom is 0.214 e. The fourth-order valence-electron chi connectivity index (χ4n) is 1.12. The van der Waals surface area contributed by atoms with Crippen LogP contribution in [-0.4, -0.2) is 22.6 Å². The van der Waals surface area contributed by atoms with E-state index in [9.17, 15) is 0 Å². The highest BCUT2D eigenvalue weighted by molar-refractivity contribution is 5.97. The number of hydrogen-bond donors (Lipinski definition) is 2. The Morgan fingerprint density at radius 1 is 1.60 bits per heavy atom. The normalized spacial score (nSPS) is 11.5. The van der Waals surface area contributed by atoms with Crippen LogP contribution in [0, 0.1) is 6.92 Å². The van der Waals surface area contributed by atoms with Crippen LogP contribution in [0.15, 0.2) is 17.3 Å². The molecule has 1 aromatic rings. The molecule has 0 aliphatic rings. The topological polar surface area (TPSA) is 80.7 Å². The summed E-state index contributed by atoms with van der Waals surface area (Å²) in [4.78, 5) is 4.17. The summed E-state index contributed by atoms with van der Waals surface area (Å²) in [7, 11) is 0. The van der Waals surface area contributed by atoms with E-state index in [4.69, 9.17) is 15.7 Å². The Morgan fingerprint density at radius 3 is 2.93 bits per heavy atom. The van der Waals surface area contributed by atoms with Crippen molar-refractivity contribution >= 4 is 5.84 Å².